The van der Waals surface area contributed by atoms with E-state index in [1.54, 1.807) is 18.3 Å². The molecule has 0 spiro atoms. The molecule has 25 heavy (non-hydrogen) atoms. The summed E-state index contributed by atoms with van der Waals surface area (Å²) in [6.07, 6.45) is 1.56. The molecule has 0 radical (unpaired) electrons. The number of nitrogens with two attached hydrogens (primary N) is 2. The van der Waals surface area contributed by atoms with E-state index in [1.807, 2.05) is 24.3 Å². The van der Waals surface area contributed by atoms with Crippen molar-refractivity contribution in [1.29, 1.82) is 0 Å². The zero-order valence-electron chi connectivity index (χ0n) is 13.4. The number of nitrogens with zero attached hydrogens (tertiary/aromatic N) is 3. The van der Waals surface area contributed by atoms with Gasteiger partial charge in [-0.25, -0.2) is 0 Å². The molecular formula is C16H19N7O2. The fourth-order valence-corrected chi connectivity index (χ4v) is 2.05. The number of hydrogen-bond donors (Lipinski definition) is 4. The quantitative estimate of drug-likeness (QED) is 0.250. The predicted octanol–water partition coefficient (Wildman–Crippen LogP) is 1.88. The lowest BCUT2D eigenvalue weighted by Crippen LogP contribution is -2.21. The van der Waals surface area contributed by atoms with Crippen molar-refractivity contribution in [2.24, 2.45) is 21.7 Å². The fraction of sp³-hybridized carbons (Fsp3) is 0.125. The van der Waals surface area contributed by atoms with Gasteiger partial charge in [-0.1, -0.05) is 18.2 Å². The molecule has 0 saturated heterocycles. The summed E-state index contributed by atoms with van der Waals surface area (Å²) in [5.41, 5.74) is 13.2. The van der Waals surface area contributed by atoms with Crippen LogP contribution >= 0.6 is 0 Å². The molecule has 9 nitrogen and oxygen atoms in total. The molecule has 0 unspecified atom stereocenters. The van der Waals surface area contributed by atoms with Gasteiger partial charge in [-0.2, -0.15) is 5.10 Å². The Bertz CT molecular complexity index is 768. The number of non-ortho nitro benzene ring substituents is 1. The van der Waals surface area contributed by atoms with E-state index in [1.165, 1.54) is 12.1 Å². The second-order valence-corrected chi connectivity index (χ2v) is 5.02. The summed E-state index contributed by atoms with van der Waals surface area (Å²) in [4.78, 5) is 10.2. The van der Waals surface area contributed by atoms with Crippen LogP contribution in [-0.2, 0) is 6.54 Å². The summed E-state index contributed by atoms with van der Waals surface area (Å²) in [6.45, 7) is 1.03. The van der Waals surface area contributed by atoms with Gasteiger partial charge in [0.15, 0.2) is 0 Å². The van der Waals surface area contributed by atoms with E-state index in [0.29, 0.717) is 13.1 Å². The van der Waals surface area contributed by atoms with Gasteiger partial charge in [-0.3, -0.25) is 10.1 Å². The summed E-state index contributed by atoms with van der Waals surface area (Å²) >= 11 is 0. The Morgan fingerprint density at radius 2 is 1.84 bits per heavy atom. The largest absolute Gasteiger partial charge is 0.381 e. The SMILES string of the molecule is NC(N)=NN=CCNc1ccccc1CNc1ccc([N+](=O)[O-])cc1. The van der Waals surface area contributed by atoms with E-state index in [9.17, 15) is 10.1 Å². The molecule has 0 fully saturated rings. The maximum absolute atomic E-state index is 10.7. The lowest BCUT2D eigenvalue weighted by molar-refractivity contribution is -0.384. The normalized spacial score (nSPS) is 10.4. The Morgan fingerprint density at radius 3 is 2.52 bits per heavy atom. The lowest BCUT2D eigenvalue weighted by Gasteiger charge is -2.12. The van der Waals surface area contributed by atoms with Crippen LogP contribution in [-0.4, -0.2) is 23.6 Å². The molecule has 0 amide bonds. The molecule has 0 aliphatic carbocycles. The van der Waals surface area contributed by atoms with Crippen molar-refractivity contribution in [3.05, 3.63) is 64.2 Å². The molecule has 2 aromatic rings. The summed E-state index contributed by atoms with van der Waals surface area (Å²) in [5, 5.41) is 24.3. The Labute approximate surface area is 144 Å². The highest BCUT2D eigenvalue weighted by Gasteiger charge is 2.04. The van der Waals surface area contributed by atoms with Gasteiger partial charge in [-0.05, 0) is 23.8 Å². The molecule has 0 aliphatic rings. The third kappa shape index (κ3) is 5.82. The number of nitro groups is 1. The Hall–Kier alpha value is -3.62. The van der Waals surface area contributed by atoms with Crippen LogP contribution < -0.4 is 22.1 Å². The van der Waals surface area contributed by atoms with Crippen molar-refractivity contribution in [2.45, 2.75) is 6.54 Å². The minimum Gasteiger partial charge on any atom is -0.381 e. The van der Waals surface area contributed by atoms with Crippen molar-refractivity contribution < 1.29 is 4.92 Å². The third-order valence-corrected chi connectivity index (χ3v) is 3.22. The molecule has 2 rings (SSSR count). The van der Waals surface area contributed by atoms with Gasteiger partial charge in [0.25, 0.3) is 5.69 Å². The molecule has 0 bridgehead atoms. The summed E-state index contributed by atoms with van der Waals surface area (Å²) < 4.78 is 0. The highest BCUT2D eigenvalue weighted by atomic mass is 16.6. The first kappa shape index (κ1) is 17.7. The first-order valence-corrected chi connectivity index (χ1v) is 7.47. The zero-order valence-corrected chi connectivity index (χ0v) is 13.4. The van der Waals surface area contributed by atoms with E-state index >= 15 is 0 Å². The van der Waals surface area contributed by atoms with Crippen LogP contribution in [0, 0.1) is 10.1 Å². The number of anilines is 2. The van der Waals surface area contributed by atoms with Gasteiger partial charge in [0.1, 0.15) is 0 Å². The first-order valence-electron chi connectivity index (χ1n) is 7.47. The monoisotopic (exact) mass is 341 g/mol. The predicted molar refractivity (Wildman–Crippen MR) is 99.7 cm³/mol. The smallest absolute Gasteiger partial charge is 0.269 e. The van der Waals surface area contributed by atoms with Crippen LogP contribution in [0.15, 0.2) is 58.7 Å². The van der Waals surface area contributed by atoms with Crippen molar-refractivity contribution in [2.75, 3.05) is 17.2 Å². The number of nitro benzene ring substituents is 1. The molecule has 0 saturated carbocycles. The second-order valence-electron chi connectivity index (χ2n) is 5.02. The minimum absolute atomic E-state index is 0.0627. The number of nitrogens with one attached hydrogen (secondary N) is 2. The molecular weight excluding hydrogens is 322 g/mol. The summed E-state index contributed by atoms with van der Waals surface area (Å²) in [6, 6.07) is 14.1. The Morgan fingerprint density at radius 1 is 1.12 bits per heavy atom. The van der Waals surface area contributed by atoms with Gasteiger partial charge in [0.2, 0.25) is 5.96 Å². The van der Waals surface area contributed by atoms with E-state index in [2.05, 4.69) is 20.8 Å². The van der Waals surface area contributed by atoms with Gasteiger partial charge >= 0.3 is 0 Å². The van der Waals surface area contributed by atoms with Crippen LogP contribution in [0.2, 0.25) is 0 Å². The minimum atomic E-state index is -0.424. The van der Waals surface area contributed by atoms with E-state index in [4.69, 9.17) is 11.5 Å². The third-order valence-electron chi connectivity index (χ3n) is 3.22. The molecule has 0 heterocycles. The van der Waals surface area contributed by atoms with Crippen molar-refractivity contribution >= 4 is 29.2 Å². The molecule has 0 aliphatic heterocycles. The maximum Gasteiger partial charge on any atom is 0.269 e. The van der Waals surface area contributed by atoms with Crippen LogP contribution in [0.25, 0.3) is 0 Å². The highest BCUT2D eigenvalue weighted by molar-refractivity contribution is 5.76. The zero-order chi connectivity index (χ0) is 18.1. The highest BCUT2D eigenvalue weighted by Crippen LogP contribution is 2.19. The average Bonchev–Trinajstić information content (AvgIpc) is 2.60. The number of guanidine groups is 1. The topological polar surface area (TPSA) is 144 Å². The average molecular weight is 341 g/mol. The number of hydrogen-bond acceptors (Lipinski definition) is 6. The number of benzene rings is 2. The van der Waals surface area contributed by atoms with Gasteiger partial charge in [0, 0.05) is 36.3 Å². The van der Waals surface area contributed by atoms with Gasteiger partial charge < -0.3 is 22.1 Å². The van der Waals surface area contributed by atoms with Crippen molar-refractivity contribution in [3.8, 4) is 0 Å². The van der Waals surface area contributed by atoms with Crippen molar-refractivity contribution in [1.82, 2.24) is 0 Å². The van der Waals surface area contributed by atoms with Crippen LogP contribution in [0.5, 0.6) is 0 Å². The standard InChI is InChI=1S/C16H19N7O2/c17-16(18)22-21-10-9-19-15-4-2-1-3-12(15)11-20-13-5-7-14(8-6-13)23(24)25/h1-8,10,19-20H,9,11H2,(H4,17,18,22). The van der Waals surface area contributed by atoms with Gasteiger partial charge in [-0.15, -0.1) is 5.10 Å². The Kier molecular flexibility index (Phi) is 6.29. The summed E-state index contributed by atoms with van der Waals surface area (Å²) in [7, 11) is 0. The molecule has 0 aromatic heterocycles. The molecule has 2 aromatic carbocycles. The number of para-hydroxylation sites is 1. The van der Waals surface area contributed by atoms with E-state index < -0.39 is 4.92 Å². The fourth-order valence-electron chi connectivity index (χ4n) is 2.05. The van der Waals surface area contributed by atoms with E-state index in [-0.39, 0.29) is 11.6 Å². The second kappa shape index (κ2) is 8.87. The molecule has 130 valence electrons. The van der Waals surface area contributed by atoms with Crippen LogP contribution in [0.1, 0.15) is 5.56 Å². The van der Waals surface area contributed by atoms with Gasteiger partial charge in [0.05, 0.1) is 11.5 Å². The maximum atomic E-state index is 10.7. The molecule has 9 heteroatoms. The Balaban J connectivity index is 1.94. The first-order chi connectivity index (χ1) is 12.1. The molecule has 6 N–H and O–H groups in total. The lowest BCUT2D eigenvalue weighted by atomic mass is 10.1. The van der Waals surface area contributed by atoms with E-state index in [0.717, 1.165) is 16.9 Å². The van der Waals surface area contributed by atoms with Crippen LogP contribution in [0.3, 0.4) is 0 Å². The van der Waals surface area contributed by atoms with Crippen molar-refractivity contribution in [3.63, 3.8) is 0 Å². The summed E-state index contributed by atoms with van der Waals surface area (Å²) in [5.74, 6) is -0.0936. The molecule has 0 atom stereocenters. The van der Waals surface area contributed by atoms with Crippen LogP contribution in [0.4, 0.5) is 17.1 Å². The number of rotatable bonds is 8.